The molecule has 2 atom stereocenters. The Labute approximate surface area is 156 Å². The molecule has 0 aliphatic carbocycles. The van der Waals surface area contributed by atoms with E-state index >= 15 is 0 Å². The first-order valence-corrected chi connectivity index (χ1v) is 8.56. The van der Waals surface area contributed by atoms with Crippen molar-refractivity contribution < 1.29 is 23.5 Å². The van der Waals surface area contributed by atoms with Gasteiger partial charge in [0.15, 0.2) is 0 Å². The molecule has 0 saturated carbocycles. The minimum Gasteiger partial charge on any atom is -0.491 e. The Kier molecular flexibility index (Phi) is 5.71. The molecule has 1 saturated heterocycles. The van der Waals surface area contributed by atoms with E-state index in [-0.39, 0.29) is 11.6 Å². The van der Waals surface area contributed by atoms with Crippen molar-refractivity contribution in [1.82, 2.24) is 4.90 Å². The molecular weight excluding hydrogens is 351 g/mol. The van der Waals surface area contributed by atoms with Crippen molar-refractivity contribution in [3.63, 3.8) is 0 Å². The Morgan fingerprint density at radius 3 is 2.70 bits per heavy atom. The van der Waals surface area contributed by atoms with Crippen molar-refractivity contribution in [1.29, 1.82) is 0 Å². The fraction of sp³-hybridized carbons (Fsp3) is 0.300. The predicted molar refractivity (Wildman–Crippen MR) is 97.8 cm³/mol. The lowest BCUT2D eigenvalue weighted by molar-refractivity contribution is -0.158. The van der Waals surface area contributed by atoms with Crippen molar-refractivity contribution in [2.45, 2.75) is 6.04 Å². The highest BCUT2D eigenvalue weighted by molar-refractivity contribution is 6.10. The average molecular weight is 372 g/mol. The van der Waals surface area contributed by atoms with E-state index in [4.69, 9.17) is 9.47 Å². The monoisotopic (exact) mass is 372 g/mol. The second-order valence-electron chi connectivity index (χ2n) is 6.25. The lowest BCUT2D eigenvalue weighted by atomic mass is 9.82. The summed E-state index contributed by atoms with van der Waals surface area (Å²) in [6.45, 7) is 0.857. The number of halogens is 1. The second-order valence-corrected chi connectivity index (χ2v) is 6.25. The molecule has 2 aromatic rings. The Bertz CT molecular complexity index is 842. The maximum Gasteiger partial charge on any atom is 0.239 e. The molecule has 2 aromatic carbocycles. The summed E-state index contributed by atoms with van der Waals surface area (Å²) >= 11 is 0. The van der Waals surface area contributed by atoms with E-state index in [1.807, 2.05) is 6.07 Å². The zero-order chi connectivity index (χ0) is 19.4. The fourth-order valence-electron chi connectivity index (χ4n) is 3.11. The number of nitrogens with zero attached hydrogens (tertiary/aromatic N) is 1. The van der Waals surface area contributed by atoms with Crippen LogP contribution in [0.3, 0.4) is 0 Å². The molecule has 1 heterocycles. The van der Waals surface area contributed by atoms with E-state index in [0.717, 1.165) is 5.56 Å². The quantitative estimate of drug-likeness (QED) is 0.461. The summed E-state index contributed by atoms with van der Waals surface area (Å²) in [6, 6.07) is 12.7. The third-order valence-corrected chi connectivity index (χ3v) is 4.52. The van der Waals surface area contributed by atoms with Gasteiger partial charge in [-0.1, -0.05) is 24.3 Å². The third-order valence-electron chi connectivity index (χ3n) is 4.52. The van der Waals surface area contributed by atoms with E-state index in [2.05, 4.69) is 5.32 Å². The number of para-hydroxylation sites is 1. The van der Waals surface area contributed by atoms with Gasteiger partial charge in [0.2, 0.25) is 11.8 Å². The standard InChI is InChI=1S/C20H21FN2O4/c1-23-18(13-6-5-7-14(12-13)27-11-10-26-2)17(20(23)25)19(24)22-16-9-4-3-8-15(16)21/h3-9,12,17-18H,10-11H2,1-2H3,(H,22,24). The summed E-state index contributed by atoms with van der Waals surface area (Å²) in [6.07, 6.45) is 0. The molecule has 142 valence electrons. The van der Waals surface area contributed by atoms with Crippen LogP contribution in [0, 0.1) is 11.7 Å². The first-order valence-electron chi connectivity index (χ1n) is 8.56. The number of anilines is 1. The van der Waals surface area contributed by atoms with Crippen molar-refractivity contribution in [3.05, 3.63) is 59.9 Å². The maximum absolute atomic E-state index is 13.8. The summed E-state index contributed by atoms with van der Waals surface area (Å²) in [7, 11) is 3.23. The van der Waals surface area contributed by atoms with Crippen LogP contribution >= 0.6 is 0 Å². The Morgan fingerprint density at radius 1 is 1.19 bits per heavy atom. The van der Waals surface area contributed by atoms with Crippen LogP contribution in [0.1, 0.15) is 11.6 Å². The Balaban J connectivity index is 1.76. The van der Waals surface area contributed by atoms with Crippen LogP contribution in [-0.2, 0) is 14.3 Å². The number of hydrogen-bond donors (Lipinski definition) is 1. The third kappa shape index (κ3) is 3.93. The van der Waals surface area contributed by atoms with Gasteiger partial charge in [-0.05, 0) is 29.8 Å². The number of methoxy groups -OCH3 is 1. The van der Waals surface area contributed by atoms with E-state index in [1.54, 1.807) is 38.4 Å². The van der Waals surface area contributed by atoms with Crippen molar-refractivity contribution in [3.8, 4) is 5.75 Å². The van der Waals surface area contributed by atoms with Gasteiger partial charge in [0.25, 0.3) is 0 Å². The summed E-state index contributed by atoms with van der Waals surface area (Å²) < 4.78 is 24.3. The number of benzene rings is 2. The van der Waals surface area contributed by atoms with Gasteiger partial charge in [-0.2, -0.15) is 0 Å². The normalized spacial score (nSPS) is 18.8. The van der Waals surface area contributed by atoms with Gasteiger partial charge < -0.3 is 19.7 Å². The van der Waals surface area contributed by atoms with Gasteiger partial charge >= 0.3 is 0 Å². The number of nitrogens with one attached hydrogen (secondary N) is 1. The van der Waals surface area contributed by atoms with Crippen LogP contribution in [0.5, 0.6) is 5.75 Å². The van der Waals surface area contributed by atoms with Crippen molar-refractivity contribution >= 4 is 17.5 Å². The molecule has 0 bridgehead atoms. The van der Waals surface area contributed by atoms with Crippen LogP contribution in [0.15, 0.2) is 48.5 Å². The number of amides is 2. The smallest absolute Gasteiger partial charge is 0.239 e. The van der Waals surface area contributed by atoms with Gasteiger partial charge in [0, 0.05) is 14.2 Å². The highest BCUT2D eigenvalue weighted by atomic mass is 19.1. The van der Waals surface area contributed by atoms with Gasteiger partial charge in [-0.3, -0.25) is 9.59 Å². The highest BCUT2D eigenvalue weighted by Crippen LogP contribution is 2.40. The van der Waals surface area contributed by atoms with Crippen LogP contribution in [0.4, 0.5) is 10.1 Å². The molecule has 1 N–H and O–H groups in total. The zero-order valence-corrected chi connectivity index (χ0v) is 15.1. The van der Waals surface area contributed by atoms with E-state index < -0.39 is 23.7 Å². The topological polar surface area (TPSA) is 67.9 Å². The SMILES string of the molecule is COCCOc1cccc(C2C(C(=O)Nc3ccccc3F)C(=O)N2C)c1. The molecule has 27 heavy (non-hydrogen) atoms. The summed E-state index contributed by atoms with van der Waals surface area (Å²) in [4.78, 5) is 26.4. The van der Waals surface area contributed by atoms with Crippen molar-refractivity contribution in [2.75, 3.05) is 32.7 Å². The lowest BCUT2D eigenvalue weighted by Gasteiger charge is -2.44. The molecule has 0 radical (unpaired) electrons. The first-order chi connectivity index (χ1) is 13.0. The second kappa shape index (κ2) is 8.18. The van der Waals surface area contributed by atoms with Crippen LogP contribution in [0.2, 0.25) is 0 Å². The number of rotatable bonds is 7. The molecule has 1 aliphatic heterocycles. The molecule has 2 unspecified atom stereocenters. The number of likely N-dealkylation sites (tertiary alicyclic amines) is 1. The predicted octanol–water partition coefficient (Wildman–Crippen LogP) is 2.62. The number of carbonyl (C=O) groups is 2. The highest BCUT2D eigenvalue weighted by Gasteiger charge is 2.50. The summed E-state index contributed by atoms with van der Waals surface area (Å²) in [5, 5.41) is 2.51. The van der Waals surface area contributed by atoms with E-state index in [9.17, 15) is 14.0 Å². The Hall–Kier alpha value is -2.93. The average Bonchev–Trinajstić information content (AvgIpc) is 2.67. The Morgan fingerprint density at radius 2 is 1.96 bits per heavy atom. The summed E-state index contributed by atoms with van der Waals surface area (Å²) in [5.41, 5.74) is 0.834. The molecule has 2 amide bonds. The molecule has 1 aliphatic rings. The molecule has 0 spiro atoms. The molecule has 6 nitrogen and oxygen atoms in total. The van der Waals surface area contributed by atoms with Crippen LogP contribution in [0.25, 0.3) is 0 Å². The number of ether oxygens (including phenoxy) is 2. The first kappa shape index (κ1) is 18.8. The maximum atomic E-state index is 13.8. The number of carbonyl (C=O) groups excluding carboxylic acids is 2. The van der Waals surface area contributed by atoms with E-state index in [1.165, 1.54) is 23.1 Å². The molecular formula is C20H21FN2O4. The van der Waals surface area contributed by atoms with Gasteiger partial charge in [-0.25, -0.2) is 4.39 Å². The van der Waals surface area contributed by atoms with Gasteiger partial charge in [0.05, 0.1) is 18.3 Å². The molecule has 7 heteroatoms. The van der Waals surface area contributed by atoms with Crippen molar-refractivity contribution in [2.24, 2.45) is 5.92 Å². The molecule has 3 rings (SSSR count). The minimum atomic E-state index is -0.913. The lowest BCUT2D eigenvalue weighted by Crippen LogP contribution is -2.57. The van der Waals surface area contributed by atoms with E-state index in [0.29, 0.717) is 19.0 Å². The van der Waals surface area contributed by atoms with Crippen LogP contribution in [-0.4, -0.2) is 44.1 Å². The molecule has 0 aromatic heterocycles. The van der Waals surface area contributed by atoms with Crippen LogP contribution < -0.4 is 10.1 Å². The fourth-order valence-corrected chi connectivity index (χ4v) is 3.11. The van der Waals surface area contributed by atoms with Gasteiger partial charge in [-0.15, -0.1) is 0 Å². The summed E-state index contributed by atoms with van der Waals surface area (Å²) in [5.74, 6) is -1.66. The van der Waals surface area contributed by atoms with Gasteiger partial charge in [0.1, 0.15) is 24.1 Å². The largest absolute Gasteiger partial charge is 0.491 e. The zero-order valence-electron chi connectivity index (χ0n) is 15.1. The number of hydrogen-bond acceptors (Lipinski definition) is 4. The number of β-lactam (4-membered cyclic amide) rings is 1. The molecule has 1 fully saturated rings. The minimum absolute atomic E-state index is 0.0558.